The van der Waals surface area contributed by atoms with Gasteiger partial charge in [-0.1, -0.05) is 84.9 Å². The van der Waals surface area contributed by atoms with E-state index in [1.807, 2.05) is 6.07 Å². The Balaban J connectivity index is 1.71. The highest BCUT2D eigenvalue weighted by Gasteiger charge is 2.40. The van der Waals surface area contributed by atoms with Crippen molar-refractivity contribution in [3.05, 3.63) is 107 Å². The largest absolute Gasteiger partial charge is 0.481 e. The number of fused-ring (bicyclic) bond motifs is 1. The van der Waals surface area contributed by atoms with E-state index in [0.29, 0.717) is 22.4 Å². The fourth-order valence-corrected chi connectivity index (χ4v) is 4.62. The number of halogens is 3. The molecule has 0 spiro atoms. The van der Waals surface area contributed by atoms with Crippen LogP contribution in [0.3, 0.4) is 0 Å². The molecule has 0 fully saturated rings. The Morgan fingerprint density at radius 2 is 1.55 bits per heavy atom. The average Bonchev–Trinajstić information content (AvgIpc) is 3.02. The van der Waals surface area contributed by atoms with Crippen molar-refractivity contribution in [2.24, 2.45) is 10.9 Å². The molecule has 0 bridgehead atoms. The van der Waals surface area contributed by atoms with Crippen molar-refractivity contribution in [3.8, 4) is 0 Å². The number of carboxylic acids is 1. The fourth-order valence-electron chi connectivity index (χ4n) is 4.62. The number of hydrogen-bond donors (Lipinski definition) is 2. The molecule has 4 rings (SSSR count). The normalized spacial score (nSPS) is 17.0. The molecular weight excluding hydrogens is 497 g/mol. The van der Waals surface area contributed by atoms with Crippen molar-refractivity contribution < 1.29 is 32.7 Å². The van der Waals surface area contributed by atoms with E-state index < -0.39 is 54.7 Å². The van der Waals surface area contributed by atoms with Crippen LogP contribution in [0.25, 0.3) is 0 Å². The third kappa shape index (κ3) is 6.34. The zero-order valence-corrected chi connectivity index (χ0v) is 20.2. The van der Waals surface area contributed by atoms with E-state index >= 15 is 0 Å². The highest BCUT2D eigenvalue weighted by atomic mass is 19.4. The number of carboxylic acid groups (broad SMARTS) is 1. The third-order valence-corrected chi connectivity index (χ3v) is 6.43. The number of benzene rings is 3. The topological polar surface area (TPSA) is 95.8 Å². The number of carbonyl (C=O) groups is 3. The first-order valence-electron chi connectivity index (χ1n) is 12.0. The molecule has 0 radical (unpaired) electrons. The predicted octanol–water partition coefficient (Wildman–Crippen LogP) is 4.92. The number of nitrogens with one attached hydrogen (secondary N) is 1. The van der Waals surface area contributed by atoms with Crippen molar-refractivity contribution >= 4 is 23.4 Å². The Labute approximate surface area is 217 Å². The van der Waals surface area contributed by atoms with Gasteiger partial charge in [0.2, 0.25) is 5.91 Å². The van der Waals surface area contributed by atoms with Gasteiger partial charge in [-0.15, -0.1) is 0 Å². The summed E-state index contributed by atoms with van der Waals surface area (Å²) in [5.41, 5.74) is 2.72. The lowest BCUT2D eigenvalue weighted by Crippen LogP contribution is -2.45. The zero-order chi connectivity index (χ0) is 27.3. The highest BCUT2D eigenvalue weighted by Crippen LogP contribution is 2.33. The summed E-state index contributed by atoms with van der Waals surface area (Å²) in [5, 5.41) is 12.4. The summed E-state index contributed by atoms with van der Waals surface area (Å²) in [6, 6.07) is 23.8. The third-order valence-electron chi connectivity index (χ3n) is 6.43. The minimum Gasteiger partial charge on any atom is -0.481 e. The second-order valence-electron chi connectivity index (χ2n) is 9.04. The zero-order valence-electron chi connectivity index (χ0n) is 20.2. The maximum atomic E-state index is 13.5. The Morgan fingerprint density at radius 3 is 2.18 bits per heavy atom. The molecule has 0 aromatic heterocycles. The molecule has 3 atom stereocenters. The number of Topliss-reactive ketones (excluding diaryl/α,β-unsaturated/α-hetero) is 1. The molecule has 1 amide bonds. The van der Waals surface area contributed by atoms with Crippen LogP contribution in [0.15, 0.2) is 89.9 Å². The van der Waals surface area contributed by atoms with Crippen molar-refractivity contribution in [1.29, 1.82) is 0 Å². The van der Waals surface area contributed by atoms with Crippen LogP contribution in [0.2, 0.25) is 0 Å². The summed E-state index contributed by atoms with van der Waals surface area (Å²) in [4.78, 5) is 43.4. The van der Waals surface area contributed by atoms with Gasteiger partial charge in [-0.2, -0.15) is 13.2 Å². The standard InChI is InChI=1S/C29H25F3N2O4/c30-29(31,32)16-15-22(24(28(37)38)18-9-3-1-4-10-18)27(36)34-26-23(35)17-20-13-7-8-14-21(20)25(33-26)19-11-5-2-6-12-19/h1-14,22,24,26H,15-17H2,(H,34,36)(H,37,38)/t22-,24+,26-/m1/s1. The Morgan fingerprint density at radius 1 is 0.947 bits per heavy atom. The number of hydrogen-bond acceptors (Lipinski definition) is 4. The van der Waals surface area contributed by atoms with Gasteiger partial charge in [0.15, 0.2) is 11.9 Å². The summed E-state index contributed by atoms with van der Waals surface area (Å²) >= 11 is 0. The summed E-state index contributed by atoms with van der Waals surface area (Å²) in [5.74, 6) is -6.02. The fraction of sp³-hybridized carbons (Fsp3) is 0.241. The molecule has 0 saturated heterocycles. The van der Waals surface area contributed by atoms with E-state index in [4.69, 9.17) is 0 Å². The van der Waals surface area contributed by atoms with Crippen LogP contribution in [-0.4, -0.2) is 40.8 Å². The van der Waals surface area contributed by atoms with Crippen LogP contribution in [-0.2, 0) is 20.8 Å². The molecule has 1 aliphatic rings. The van der Waals surface area contributed by atoms with Gasteiger partial charge in [-0.05, 0) is 17.5 Å². The van der Waals surface area contributed by atoms with Gasteiger partial charge < -0.3 is 10.4 Å². The average molecular weight is 523 g/mol. The molecule has 9 heteroatoms. The van der Waals surface area contributed by atoms with Crippen molar-refractivity contribution in [2.45, 2.75) is 37.5 Å². The number of alkyl halides is 3. The van der Waals surface area contributed by atoms with Crippen molar-refractivity contribution in [3.63, 3.8) is 0 Å². The first-order valence-corrected chi connectivity index (χ1v) is 12.0. The summed E-state index contributed by atoms with van der Waals surface area (Å²) in [6.45, 7) is 0. The molecule has 1 heterocycles. The first kappa shape index (κ1) is 26.8. The van der Waals surface area contributed by atoms with Crippen LogP contribution in [0.5, 0.6) is 0 Å². The smallest absolute Gasteiger partial charge is 0.389 e. The number of amides is 1. The van der Waals surface area contributed by atoms with E-state index in [-0.39, 0.29) is 12.0 Å². The van der Waals surface area contributed by atoms with E-state index in [1.165, 1.54) is 12.1 Å². The molecule has 3 aromatic carbocycles. The number of nitrogens with zero attached hydrogens (tertiary/aromatic N) is 1. The number of aliphatic carboxylic acids is 1. The van der Waals surface area contributed by atoms with E-state index in [0.717, 1.165) is 0 Å². The van der Waals surface area contributed by atoms with E-state index in [1.54, 1.807) is 66.7 Å². The van der Waals surface area contributed by atoms with Gasteiger partial charge in [0.1, 0.15) is 0 Å². The highest BCUT2D eigenvalue weighted by molar-refractivity contribution is 6.16. The van der Waals surface area contributed by atoms with Gasteiger partial charge in [0.05, 0.1) is 17.5 Å². The van der Waals surface area contributed by atoms with Gasteiger partial charge in [-0.3, -0.25) is 19.4 Å². The lowest BCUT2D eigenvalue weighted by atomic mass is 9.82. The molecule has 6 nitrogen and oxygen atoms in total. The summed E-state index contributed by atoms with van der Waals surface area (Å²) < 4.78 is 39.5. The van der Waals surface area contributed by atoms with E-state index in [9.17, 15) is 32.7 Å². The Hall–Kier alpha value is -4.27. The van der Waals surface area contributed by atoms with Gasteiger partial charge in [0, 0.05) is 24.0 Å². The number of aliphatic imine (C=N–C) groups is 1. The quantitative estimate of drug-likeness (QED) is 0.439. The van der Waals surface area contributed by atoms with Crippen LogP contribution < -0.4 is 5.32 Å². The molecular formula is C29H25F3N2O4. The van der Waals surface area contributed by atoms with Gasteiger partial charge >= 0.3 is 12.1 Å². The first-order chi connectivity index (χ1) is 18.1. The number of rotatable bonds is 8. The minimum atomic E-state index is -4.60. The molecule has 0 saturated carbocycles. The molecule has 1 aliphatic heterocycles. The molecule has 0 aliphatic carbocycles. The van der Waals surface area contributed by atoms with Crippen LogP contribution >= 0.6 is 0 Å². The van der Waals surface area contributed by atoms with Crippen molar-refractivity contribution in [2.75, 3.05) is 0 Å². The molecule has 0 unspecified atom stereocenters. The van der Waals surface area contributed by atoms with Crippen molar-refractivity contribution in [1.82, 2.24) is 5.32 Å². The molecule has 196 valence electrons. The second kappa shape index (κ2) is 11.4. The maximum absolute atomic E-state index is 13.5. The van der Waals surface area contributed by atoms with Gasteiger partial charge in [-0.25, -0.2) is 0 Å². The summed E-state index contributed by atoms with van der Waals surface area (Å²) in [7, 11) is 0. The SMILES string of the molecule is O=C1Cc2ccccc2C(c2ccccc2)=N[C@@H]1NC(=O)[C@H](CCC(F)(F)F)[C@@H](C(=O)O)c1ccccc1. The van der Waals surface area contributed by atoms with E-state index in [2.05, 4.69) is 10.3 Å². The minimum absolute atomic E-state index is 0.0603. The Bertz CT molecular complexity index is 1340. The lowest BCUT2D eigenvalue weighted by molar-refractivity contribution is -0.150. The van der Waals surface area contributed by atoms with Gasteiger partial charge in [0.25, 0.3) is 0 Å². The van der Waals surface area contributed by atoms with Crippen LogP contribution in [0.1, 0.15) is 41.0 Å². The molecule has 38 heavy (non-hydrogen) atoms. The van der Waals surface area contributed by atoms with Crippen LogP contribution in [0, 0.1) is 5.92 Å². The number of ketones is 1. The monoisotopic (exact) mass is 522 g/mol. The van der Waals surface area contributed by atoms with Crippen LogP contribution in [0.4, 0.5) is 13.2 Å². The maximum Gasteiger partial charge on any atom is 0.389 e. The molecule has 2 N–H and O–H groups in total. The second-order valence-corrected chi connectivity index (χ2v) is 9.04. The summed E-state index contributed by atoms with van der Waals surface area (Å²) in [6.07, 6.45) is -8.18. The lowest BCUT2D eigenvalue weighted by Gasteiger charge is -2.25. The number of carbonyl (C=O) groups excluding carboxylic acids is 2. The Kier molecular flexibility index (Phi) is 8.05. The predicted molar refractivity (Wildman–Crippen MR) is 135 cm³/mol. The molecule has 3 aromatic rings.